The van der Waals surface area contributed by atoms with Crippen molar-refractivity contribution in [1.29, 1.82) is 0 Å². The molecular formula is C13H13BrN2O2S. The molecule has 6 heteroatoms. The summed E-state index contributed by atoms with van der Waals surface area (Å²) in [4.78, 5) is 4.37. The number of pyridine rings is 1. The molecule has 0 atom stereocenters. The van der Waals surface area contributed by atoms with Crippen LogP contribution in [0.4, 0.5) is 5.69 Å². The SMILES string of the molecule is CS(=O)(=O)c1ccccc1NCc1cncc(Br)c1. The van der Waals surface area contributed by atoms with E-state index in [9.17, 15) is 8.42 Å². The molecule has 0 aliphatic heterocycles. The largest absolute Gasteiger partial charge is 0.380 e. The van der Waals surface area contributed by atoms with Crippen LogP contribution in [0, 0.1) is 0 Å². The number of nitrogens with zero attached hydrogens (tertiary/aromatic N) is 1. The molecule has 0 saturated heterocycles. The first-order valence-electron chi connectivity index (χ1n) is 5.59. The van der Waals surface area contributed by atoms with E-state index in [2.05, 4.69) is 26.2 Å². The molecule has 0 fully saturated rings. The fourth-order valence-electron chi connectivity index (χ4n) is 1.69. The summed E-state index contributed by atoms with van der Waals surface area (Å²) < 4.78 is 24.2. The second-order valence-electron chi connectivity index (χ2n) is 4.13. The average Bonchev–Trinajstić information content (AvgIpc) is 2.36. The molecule has 100 valence electrons. The third-order valence-corrected chi connectivity index (χ3v) is 4.12. The molecule has 0 unspecified atom stereocenters. The Bertz CT molecular complexity index is 687. The highest BCUT2D eigenvalue weighted by Gasteiger charge is 2.11. The van der Waals surface area contributed by atoms with E-state index in [0.717, 1.165) is 10.0 Å². The highest BCUT2D eigenvalue weighted by molar-refractivity contribution is 9.10. The van der Waals surface area contributed by atoms with Crippen LogP contribution >= 0.6 is 15.9 Å². The van der Waals surface area contributed by atoms with Gasteiger partial charge in [-0.15, -0.1) is 0 Å². The molecule has 1 aromatic carbocycles. The second kappa shape index (κ2) is 5.71. The summed E-state index contributed by atoms with van der Waals surface area (Å²) in [5.41, 5.74) is 1.57. The van der Waals surface area contributed by atoms with Gasteiger partial charge >= 0.3 is 0 Å². The Morgan fingerprint density at radius 2 is 2.00 bits per heavy atom. The Morgan fingerprint density at radius 1 is 1.26 bits per heavy atom. The zero-order valence-corrected chi connectivity index (χ0v) is 12.7. The van der Waals surface area contributed by atoms with Crippen LogP contribution in [0.3, 0.4) is 0 Å². The predicted molar refractivity (Wildman–Crippen MR) is 78.8 cm³/mol. The minimum Gasteiger partial charge on any atom is -0.380 e. The Morgan fingerprint density at radius 3 is 2.68 bits per heavy atom. The van der Waals surface area contributed by atoms with E-state index in [1.54, 1.807) is 36.7 Å². The number of hydrogen-bond donors (Lipinski definition) is 1. The molecule has 0 radical (unpaired) electrons. The van der Waals surface area contributed by atoms with Crippen LogP contribution in [0.1, 0.15) is 5.56 Å². The van der Waals surface area contributed by atoms with Crippen molar-refractivity contribution < 1.29 is 8.42 Å². The molecule has 0 amide bonds. The van der Waals surface area contributed by atoms with Gasteiger partial charge in [0.25, 0.3) is 0 Å². The maximum absolute atomic E-state index is 11.7. The minimum atomic E-state index is -3.23. The van der Waals surface area contributed by atoms with E-state index in [4.69, 9.17) is 0 Å². The predicted octanol–water partition coefficient (Wildman–Crippen LogP) is 2.86. The van der Waals surface area contributed by atoms with Gasteiger partial charge in [-0.25, -0.2) is 8.42 Å². The highest BCUT2D eigenvalue weighted by atomic mass is 79.9. The molecule has 1 heterocycles. The van der Waals surface area contributed by atoms with Crippen LogP contribution in [0.25, 0.3) is 0 Å². The molecule has 2 aromatic rings. The summed E-state index contributed by atoms with van der Waals surface area (Å²) in [6.45, 7) is 0.513. The average molecular weight is 341 g/mol. The first-order valence-corrected chi connectivity index (χ1v) is 8.27. The molecule has 0 saturated carbocycles. The van der Waals surface area contributed by atoms with Crippen molar-refractivity contribution in [2.24, 2.45) is 0 Å². The second-order valence-corrected chi connectivity index (χ2v) is 7.03. The van der Waals surface area contributed by atoms with Gasteiger partial charge in [0.2, 0.25) is 0 Å². The molecule has 0 aliphatic carbocycles. The monoisotopic (exact) mass is 340 g/mol. The molecule has 19 heavy (non-hydrogen) atoms. The molecule has 1 aromatic heterocycles. The van der Waals surface area contributed by atoms with Gasteiger partial charge in [-0.05, 0) is 39.7 Å². The van der Waals surface area contributed by atoms with Gasteiger partial charge in [-0.2, -0.15) is 0 Å². The first kappa shape index (κ1) is 14.0. The van der Waals surface area contributed by atoms with Crippen molar-refractivity contribution in [3.05, 3.63) is 52.8 Å². The smallest absolute Gasteiger partial charge is 0.177 e. The molecule has 4 nitrogen and oxygen atoms in total. The number of anilines is 1. The lowest BCUT2D eigenvalue weighted by Gasteiger charge is -2.10. The lowest BCUT2D eigenvalue weighted by molar-refractivity contribution is 0.602. The Hall–Kier alpha value is -1.40. The fourth-order valence-corrected chi connectivity index (χ4v) is 2.96. The van der Waals surface area contributed by atoms with Gasteiger partial charge in [0.05, 0.1) is 10.6 Å². The topological polar surface area (TPSA) is 59.1 Å². The van der Waals surface area contributed by atoms with Crippen LogP contribution in [0.2, 0.25) is 0 Å². The molecule has 0 aliphatic rings. The number of benzene rings is 1. The number of halogens is 1. The Balaban J connectivity index is 2.21. The quantitative estimate of drug-likeness (QED) is 0.929. The normalized spacial score (nSPS) is 11.3. The maximum atomic E-state index is 11.7. The molecule has 0 spiro atoms. The molecule has 2 rings (SSSR count). The zero-order chi connectivity index (χ0) is 13.9. The van der Waals surface area contributed by atoms with Crippen LogP contribution < -0.4 is 5.32 Å². The summed E-state index contributed by atoms with van der Waals surface area (Å²) in [5.74, 6) is 0. The standard InChI is InChI=1S/C13H13BrN2O2S/c1-19(17,18)13-5-3-2-4-12(13)16-8-10-6-11(14)9-15-7-10/h2-7,9,16H,8H2,1H3. The number of rotatable bonds is 4. The van der Waals surface area contributed by atoms with Crippen molar-refractivity contribution in [3.63, 3.8) is 0 Å². The number of sulfone groups is 1. The van der Waals surface area contributed by atoms with Crippen molar-refractivity contribution in [3.8, 4) is 0 Å². The lowest BCUT2D eigenvalue weighted by Crippen LogP contribution is -2.06. The summed E-state index contributed by atoms with van der Waals surface area (Å²) in [6.07, 6.45) is 4.64. The van der Waals surface area contributed by atoms with Crippen LogP contribution in [0.15, 0.2) is 52.1 Å². The summed E-state index contributed by atoms with van der Waals surface area (Å²) in [5, 5.41) is 3.12. The van der Waals surface area contributed by atoms with Gasteiger partial charge in [0.15, 0.2) is 9.84 Å². The maximum Gasteiger partial charge on any atom is 0.177 e. The fraction of sp³-hybridized carbons (Fsp3) is 0.154. The highest BCUT2D eigenvalue weighted by Crippen LogP contribution is 2.21. The van der Waals surface area contributed by atoms with Gasteiger partial charge in [0, 0.05) is 29.7 Å². The van der Waals surface area contributed by atoms with Crippen LogP contribution in [-0.2, 0) is 16.4 Å². The van der Waals surface area contributed by atoms with E-state index < -0.39 is 9.84 Å². The number of hydrogen-bond acceptors (Lipinski definition) is 4. The summed E-state index contributed by atoms with van der Waals surface area (Å²) in [6, 6.07) is 8.79. The Kier molecular flexibility index (Phi) is 4.21. The molecular weight excluding hydrogens is 328 g/mol. The third kappa shape index (κ3) is 3.78. The van der Waals surface area contributed by atoms with Crippen molar-refractivity contribution in [1.82, 2.24) is 4.98 Å². The third-order valence-electron chi connectivity index (χ3n) is 2.53. The van der Waals surface area contributed by atoms with Gasteiger partial charge in [0.1, 0.15) is 0 Å². The van der Waals surface area contributed by atoms with Gasteiger partial charge in [-0.3, -0.25) is 4.98 Å². The van der Waals surface area contributed by atoms with Gasteiger partial charge in [-0.1, -0.05) is 12.1 Å². The molecule has 0 bridgehead atoms. The lowest BCUT2D eigenvalue weighted by atomic mass is 10.2. The van der Waals surface area contributed by atoms with E-state index in [0.29, 0.717) is 17.1 Å². The van der Waals surface area contributed by atoms with Crippen molar-refractivity contribution in [2.75, 3.05) is 11.6 Å². The van der Waals surface area contributed by atoms with Crippen molar-refractivity contribution >= 4 is 31.5 Å². The van der Waals surface area contributed by atoms with Gasteiger partial charge < -0.3 is 5.32 Å². The summed E-state index contributed by atoms with van der Waals surface area (Å²) in [7, 11) is -3.23. The van der Waals surface area contributed by atoms with E-state index in [1.165, 1.54) is 6.26 Å². The first-order chi connectivity index (χ1) is 8.97. The number of nitrogens with one attached hydrogen (secondary N) is 1. The zero-order valence-electron chi connectivity index (χ0n) is 10.3. The summed E-state index contributed by atoms with van der Waals surface area (Å²) >= 11 is 3.35. The Labute approximate surface area is 120 Å². The van der Waals surface area contributed by atoms with E-state index in [-0.39, 0.29) is 0 Å². The molecule has 1 N–H and O–H groups in total. The number of para-hydroxylation sites is 1. The minimum absolute atomic E-state index is 0.304. The van der Waals surface area contributed by atoms with E-state index in [1.807, 2.05) is 6.07 Å². The van der Waals surface area contributed by atoms with E-state index >= 15 is 0 Å². The number of aromatic nitrogens is 1. The van der Waals surface area contributed by atoms with Crippen molar-refractivity contribution in [2.45, 2.75) is 11.4 Å². The van der Waals surface area contributed by atoms with Crippen LogP contribution in [-0.4, -0.2) is 19.7 Å². The van der Waals surface area contributed by atoms with Crippen LogP contribution in [0.5, 0.6) is 0 Å².